The number of hydrogen-bond donors (Lipinski definition) is 0. The van der Waals surface area contributed by atoms with Crippen molar-refractivity contribution in [1.82, 2.24) is 4.90 Å². The molecule has 0 bridgehead atoms. The first-order valence-electron chi connectivity index (χ1n) is 6.64. The van der Waals surface area contributed by atoms with Gasteiger partial charge in [0.25, 0.3) is 0 Å². The summed E-state index contributed by atoms with van der Waals surface area (Å²) < 4.78 is 0. The van der Waals surface area contributed by atoms with Crippen LogP contribution in [0, 0.1) is 0 Å². The minimum absolute atomic E-state index is 0.837. The third-order valence-corrected chi connectivity index (χ3v) is 3.84. The molecule has 1 aromatic carbocycles. The summed E-state index contributed by atoms with van der Waals surface area (Å²) >= 11 is 6.30. The summed E-state index contributed by atoms with van der Waals surface area (Å²) in [6.45, 7) is 9.84. The quantitative estimate of drug-likeness (QED) is 0.824. The van der Waals surface area contributed by atoms with E-state index in [1.165, 1.54) is 5.69 Å². The fraction of sp³-hybridized carbons (Fsp3) is 0.467. The van der Waals surface area contributed by atoms with E-state index in [2.05, 4.69) is 34.9 Å². The molecule has 0 saturated carbocycles. The van der Waals surface area contributed by atoms with Crippen LogP contribution in [-0.4, -0.2) is 37.6 Å². The maximum atomic E-state index is 6.30. The van der Waals surface area contributed by atoms with Gasteiger partial charge in [-0.05, 0) is 31.2 Å². The van der Waals surface area contributed by atoms with Crippen LogP contribution in [0.4, 0.5) is 5.69 Å². The molecule has 2 nitrogen and oxygen atoms in total. The van der Waals surface area contributed by atoms with Gasteiger partial charge in [0.2, 0.25) is 0 Å². The van der Waals surface area contributed by atoms with E-state index in [0.29, 0.717) is 0 Å². The first kappa shape index (κ1) is 13.4. The molecule has 0 aromatic heterocycles. The molecule has 1 heterocycles. The fourth-order valence-corrected chi connectivity index (χ4v) is 2.59. The first-order valence-corrected chi connectivity index (χ1v) is 7.02. The number of halogens is 1. The number of anilines is 1. The van der Waals surface area contributed by atoms with Crippen molar-refractivity contribution in [2.75, 3.05) is 37.6 Å². The predicted molar refractivity (Wildman–Crippen MR) is 80.5 cm³/mol. The Hall–Kier alpha value is -0.990. The zero-order chi connectivity index (χ0) is 13.0. The number of likely N-dealkylation sites (N-methyl/N-ethyl adjacent to an activating group) is 1. The summed E-state index contributed by atoms with van der Waals surface area (Å²) in [6, 6.07) is 6.35. The molecule has 0 aliphatic carbocycles. The van der Waals surface area contributed by atoms with Crippen molar-refractivity contribution in [3.63, 3.8) is 0 Å². The van der Waals surface area contributed by atoms with Gasteiger partial charge in [-0.15, -0.1) is 0 Å². The maximum Gasteiger partial charge on any atom is 0.0498 e. The smallest absolute Gasteiger partial charge is 0.0498 e. The lowest BCUT2D eigenvalue weighted by Crippen LogP contribution is -2.46. The van der Waals surface area contributed by atoms with Crippen LogP contribution in [0.5, 0.6) is 0 Å². The molecule has 98 valence electrons. The van der Waals surface area contributed by atoms with Crippen LogP contribution in [0.3, 0.4) is 0 Å². The van der Waals surface area contributed by atoms with Gasteiger partial charge < -0.3 is 9.80 Å². The number of rotatable bonds is 3. The predicted octanol–water partition coefficient (Wildman–Crippen LogP) is 3.52. The molecule has 0 atom stereocenters. The van der Waals surface area contributed by atoms with Crippen molar-refractivity contribution in [3.05, 3.63) is 34.9 Å². The van der Waals surface area contributed by atoms with Crippen LogP contribution < -0.4 is 4.90 Å². The number of benzene rings is 1. The van der Waals surface area contributed by atoms with Gasteiger partial charge in [0.1, 0.15) is 0 Å². The van der Waals surface area contributed by atoms with Crippen molar-refractivity contribution in [3.8, 4) is 0 Å². The number of allylic oxidation sites excluding steroid dienone is 1. The van der Waals surface area contributed by atoms with Crippen LogP contribution in [0.25, 0.3) is 6.08 Å². The Balaban J connectivity index is 2.08. The van der Waals surface area contributed by atoms with E-state index < -0.39 is 0 Å². The number of hydrogen-bond acceptors (Lipinski definition) is 2. The molecule has 2 rings (SSSR count). The van der Waals surface area contributed by atoms with E-state index in [1.54, 1.807) is 0 Å². The number of piperazine rings is 1. The molecule has 1 aliphatic rings. The summed E-state index contributed by atoms with van der Waals surface area (Å²) in [6.07, 6.45) is 4.06. The van der Waals surface area contributed by atoms with Crippen molar-refractivity contribution in [1.29, 1.82) is 0 Å². The van der Waals surface area contributed by atoms with Gasteiger partial charge in [0.05, 0.1) is 0 Å². The monoisotopic (exact) mass is 264 g/mol. The molecular weight excluding hydrogens is 244 g/mol. The van der Waals surface area contributed by atoms with Crippen molar-refractivity contribution >= 4 is 23.4 Å². The summed E-state index contributed by atoms with van der Waals surface area (Å²) in [5.41, 5.74) is 2.33. The summed E-state index contributed by atoms with van der Waals surface area (Å²) in [5, 5.41) is 0.837. The average molecular weight is 265 g/mol. The van der Waals surface area contributed by atoms with Crippen molar-refractivity contribution in [2.24, 2.45) is 0 Å². The highest BCUT2D eigenvalue weighted by molar-refractivity contribution is 6.32. The van der Waals surface area contributed by atoms with Gasteiger partial charge in [-0.25, -0.2) is 0 Å². The highest BCUT2D eigenvalue weighted by Gasteiger charge is 2.16. The lowest BCUT2D eigenvalue weighted by atomic mass is 10.1. The van der Waals surface area contributed by atoms with Crippen molar-refractivity contribution < 1.29 is 0 Å². The molecule has 0 N–H and O–H groups in total. The maximum absolute atomic E-state index is 6.30. The Kier molecular flexibility index (Phi) is 4.67. The second-order valence-electron chi connectivity index (χ2n) is 4.63. The zero-order valence-electron chi connectivity index (χ0n) is 11.2. The second-order valence-corrected chi connectivity index (χ2v) is 5.03. The molecule has 1 aromatic rings. The largest absolute Gasteiger partial charge is 0.369 e. The molecular formula is C15H21ClN2. The average Bonchev–Trinajstić information content (AvgIpc) is 2.41. The molecule has 1 fully saturated rings. The van der Waals surface area contributed by atoms with Gasteiger partial charge in [0.15, 0.2) is 0 Å². The van der Waals surface area contributed by atoms with E-state index in [4.69, 9.17) is 11.6 Å². The minimum atomic E-state index is 0.837. The Morgan fingerprint density at radius 2 is 1.94 bits per heavy atom. The third-order valence-electron chi connectivity index (χ3n) is 3.51. The van der Waals surface area contributed by atoms with E-state index in [1.807, 2.05) is 19.1 Å². The van der Waals surface area contributed by atoms with Gasteiger partial charge in [-0.3, -0.25) is 0 Å². The van der Waals surface area contributed by atoms with Crippen LogP contribution in [0.2, 0.25) is 5.02 Å². The standard InChI is InChI=1S/C15H21ClN2/c1-3-5-13-6-7-14(12-15(13)16)18-10-8-17(4-2)9-11-18/h3,5-7,12H,4,8-11H2,1-2H3/b5-3+. The van der Waals surface area contributed by atoms with Gasteiger partial charge in [-0.2, -0.15) is 0 Å². The van der Waals surface area contributed by atoms with E-state index >= 15 is 0 Å². The van der Waals surface area contributed by atoms with Crippen LogP contribution in [0.15, 0.2) is 24.3 Å². The molecule has 0 amide bonds. The molecule has 18 heavy (non-hydrogen) atoms. The molecule has 1 aliphatic heterocycles. The Morgan fingerprint density at radius 3 is 2.50 bits per heavy atom. The van der Waals surface area contributed by atoms with Gasteiger partial charge in [-0.1, -0.05) is 36.7 Å². The Bertz CT molecular complexity index is 421. The van der Waals surface area contributed by atoms with Gasteiger partial charge in [0, 0.05) is 36.9 Å². The molecule has 3 heteroatoms. The second kappa shape index (κ2) is 6.26. The molecule has 0 radical (unpaired) electrons. The molecule has 1 saturated heterocycles. The lowest BCUT2D eigenvalue weighted by Gasteiger charge is -2.35. The van der Waals surface area contributed by atoms with E-state index in [9.17, 15) is 0 Å². The summed E-state index contributed by atoms with van der Waals surface area (Å²) in [5.74, 6) is 0. The Morgan fingerprint density at radius 1 is 1.22 bits per heavy atom. The SMILES string of the molecule is C/C=C/c1ccc(N2CCN(CC)CC2)cc1Cl. The summed E-state index contributed by atoms with van der Waals surface area (Å²) in [7, 11) is 0. The van der Waals surface area contributed by atoms with Crippen LogP contribution in [-0.2, 0) is 0 Å². The zero-order valence-corrected chi connectivity index (χ0v) is 12.0. The molecule has 0 spiro atoms. The first-order chi connectivity index (χ1) is 8.74. The van der Waals surface area contributed by atoms with Gasteiger partial charge >= 0.3 is 0 Å². The Labute approximate surface area is 115 Å². The van der Waals surface area contributed by atoms with E-state index in [0.717, 1.165) is 43.3 Å². The van der Waals surface area contributed by atoms with Crippen LogP contribution >= 0.6 is 11.6 Å². The lowest BCUT2D eigenvalue weighted by molar-refractivity contribution is 0.271. The normalized spacial score (nSPS) is 17.6. The fourth-order valence-electron chi connectivity index (χ4n) is 2.35. The topological polar surface area (TPSA) is 6.48 Å². The van der Waals surface area contributed by atoms with E-state index in [-0.39, 0.29) is 0 Å². The highest BCUT2D eigenvalue weighted by Crippen LogP contribution is 2.25. The minimum Gasteiger partial charge on any atom is -0.369 e. The van der Waals surface area contributed by atoms with Crippen LogP contribution in [0.1, 0.15) is 19.4 Å². The van der Waals surface area contributed by atoms with Crippen molar-refractivity contribution in [2.45, 2.75) is 13.8 Å². The summed E-state index contributed by atoms with van der Waals surface area (Å²) in [4.78, 5) is 4.89. The molecule has 0 unspecified atom stereocenters. The highest BCUT2D eigenvalue weighted by atomic mass is 35.5. The third kappa shape index (κ3) is 3.06. The number of nitrogens with zero attached hydrogens (tertiary/aromatic N) is 2.